The highest BCUT2D eigenvalue weighted by Gasteiger charge is 2.25. The molecule has 0 aromatic carbocycles. The summed E-state index contributed by atoms with van der Waals surface area (Å²) in [5.74, 6) is -2.23. The standard InChI is InChI=1S/C9H8N4O5/c14-5-1-2-6(15)12(5)10-9(18)11-13-7(16)3-4-8(13)17/h1-4,14-15H,(H2,10,11,18). The van der Waals surface area contributed by atoms with Crippen molar-refractivity contribution in [1.82, 2.24) is 15.1 Å². The lowest BCUT2D eigenvalue weighted by Gasteiger charge is -2.16. The molecule has 94 valence electrons. The Morgan fingerprint density at radius 1 is 1.00 bits per heavy atom. The van der Waals surface area contributed by atoms with Gasteiger partial charge in [0.25, 0.3) is 11.8 Å². The molecule has 4 N–H and O–H groups in total. The summed E-state index contributed by atoms with van der Waals surface area (Å²) in [5, 5.41) is 19.0. The second kappa shape index (κ2) is 4.13. The monoisotopic (exact) mass is 252 g/mol. The lowest BCUT2D eigenvalue weighted by Crippen LogP contribution is -2.49. The predicted molar refractivity (Wildman–Crippen MR) is 56.6 cm³/mol. The van der Waals surface area contributed by atoms with Crippen LogP contribution in [0.25, 0.3) is 0 Å². The average molecular weight is 252 g/mol. The van der Waals surface area contributed by atoms with Crippen LogP contribution in [0.3, 0.4) is 0 Å². The minimum absolute atomic E-state index is 0.417. The number of aromatic nitrogens is 1. The molecule has 18 heavy (non-hydrogen) atoms. The van der Waals surface area contributed by atoms with Crippen LogP contribution in [0.2, 0.25) is 0 Å². The first-order valence-corrected chi connectivity index (χ1v) is 4.72. The van der Waals surface area contributed by atoms with E-state index in [9.17, 15) is 24.6 Å². The fourth-order valence-electron chi connectivity index (χ4n) is 1.27. The number of aromatic hydroxyl groups is 2. The molecule has 2 rings (SSSR count). The highest BCUT2D eigenvalue weighted by molar-refractivity contribution is 6.13. The van der Waals surface area contributed by atoms with Gasteiger partial charge in [-0.1, -0.05) is 0 Å². The second-order valence-corrected chi connectivity index (χ2v) is 3.28. The fraction of sp³-hybridized carbons (Fsp3) is 0. The van der Waals surface area contributed by atoms with Gasteiger partial charge in [0, 0.05) is 24.3 Å². The number of hydrazine groups is 1. The molecule has 0 aliphatic carbocycles. The summed E-state index contributed by atoms with van der Waals surface area (Å²) in [4.78, 5) is 33.7. The highest BCUT2D eigenvalue weighted by Crippen LogP contribution is 2.18. The van der Waals surface area contributed by atoms with Crippen molar-refractivity contribution >= 4 is 17.8 Å². The molecule has 0 saturated carbocycles. The van der Waals surface area contributed by atoms with Crippen molar-refractivity contribution in [3.8, 4) is 11.8 Å². The zero-order valence-electron chi connectivity index (χ0n) is 8.82. The molecule has 1 aromatic rings. The molecule has 0 bridgehead atoms. The molecule has 9 nitrogen and oxygen atoms in total. The number of carbonyl (C=O) groups is 3. The fourth-order valence-corrected chi connectivity index (χ4v) is 1.27. The van der Waals surface area contributed by atoms with Crippen LogP contribution >= 0.6 is 0 Å². The number of hydrogen-bond acceptors (Lipinski definition) is 5. The predicted octanol–water partition coefficient (Wildman–Crippen LogP) is -1.01. The van der Waals surface area contributed by atoms with Gasteiger partial charge < -0.3 is 10.2 Å². The first-order valence-electron chi connectivity index (χ1n) is 4.72. The van der Waals surface area contributed by atoms with Crippen LogP contribution in [0.1, 0.15) is 0 Å². The smallest absolute Gasteiger partial charge is 0.353 e. The number of urea groups is 1. The Morgan fingerprint density at radius 3 is 2.00 bits per heavy atom. The minimum Gasteiger partial charge on any atom is -0.493 e. The number of rotatable bonds is 2. The Hall–Kier alpha value is -2.97. The van der Waals surface area contributed by atoms with E-state index in [0.29, 0.717) is 9.69 Å². The van der Waals surface area contributed by atoms with E-state index in [-0.39, 0.29) is 0 Å². The summed E-state index contributed by atoms with van der Waals surface area (Å²) < 4.78 is 0.661. The molecule has 0 fully saturated rings. The maximum absolute atomic E-state index is 11.4. The van der Waals surface area contributed by atoms with E-state index in [2.05, 4.69) is 0 Å². The van der Waals surface area contributed by atoms with Gasteiger partial charge in [-0.05, 0) is 0 Å². The van der Waals surface area contributed by atoms with Gasteiger partial charge in [0.1, 0.15) is 0 Å². The molecular formula is C9H8N4O5. The summed E-state index contributed by atoms with van der Waals surface area (Å²) in [6.45, 7) is 0. The van der Waals surface area contributed by atoms with Gasteiger partial charge in [0.2, 0.25) is 11.8 Å². The molecule has 1 aliphatic rings. The van der Waals surface area contributed by atoms with Crippen molar-refractivity contribution in [1.29, 1.82) is 0 Å². The molecule has 1 aliphatic heterocycles. The molecule has 1 aromatic heterocycles. The first-order chi connectivity index (χ1) is 8.49. The number of carbonyl (C=O) groups excluding carboxylic acids is 3. The molecule has 4 amide bonds. The molecule has 2 heterocycles. The zero-order chi connectivity index (χ0) is 13.3. The zero-order valence-corrected chi connectivity index (χ0v) is 8.82. The summed E-state index contributed by atoms with van der Waals surface area (Å²) >= 11 is 0. The van der Waals surface area contributed by atoms with Crippen molar-refractivity contribution in [2.75, 3.05) is 5.43 Å². The van der Waals surface area contributed by atoms with E-state index in [1.807, 2.05) is 10.9 Å². The number of hydrogen-bond donors (Lipinski definition) is 4. The van der Waals surface area contributed by atoms with E-state index in [4.69, 9.17) is 0 Å². The van der Waals surface area contributed by atoms with Crippen molar-refractivity contribution in [2.24, 2.45) is 0 Å². The van der Waals surface area contributed by atoms with E-state index in [0.717, 1.165) is 24.3 Å². The lowest BCUT2D eigenvalue weighted by atomic mass is 10.6. The molecule has 0 atom stereocenters. The number of amides is 4. The summed E-state index contributed by atoms with van der Waals surface area (Å²) in [6, 6.07) is 1.30. The Bertz CT molecular complexity index is 524. The van der Waals surface area contributed by atoms with Crippen LogP contribution in [-0.2, 0) is 9.59 Å². The number of imide groups is 1. The lowest BCUT2D eigenvalue weighted by molar-refractivity contribution is -0.139. The average Bonchev–Trinajstić information content (AvgIpc) is 2.79. The van der Waals surface area contributed by atoms with Crippen LogP contribution < -0.4 is 10.9 Å². The third kappa shape index (κ3) is 1.96. The SMILES string of the molecule is O=C(NN1C(=O)C=CC1=O)Nn1c(O)ccc1O. The van der Waals surface area contributed by atoms with Crippen molar-refractivity contribution in [2.45, 2.75) is 0 Å². The first kappa shape index (κ1) is 11.5. The van der Waals surface area contributed by atoms with E-state index < -0.39 is 29.6 Å². The molecule has 9 heteroatoms. The van der Waals surface area contributed by atoms with Crippen molar-refractivity contribution < 1.29 is 24.6 Å². The quantitative estimate of drug-likeness (QED) is 0.502. The van der Waals surface area contributed by atoms with Gasteiger partial charge in [0.05, 0.1) is 0 Å². The van der Waals surface area contributed by atoms with Gasteiger partial charge in [-0.25, -0.2) is 15.6 Å². The molecule has 0 spiro atoms. The number of nitrogens with one attached hydrogen (secondary N) is 2. The maximum atomic E-state index is 11.4. The number of nitrogens with zero attached hydrogens (tertiary/aromatic N) is 2. The van der Waals surface area contributed by atoms with Gasteiger partial charge in [-0.15, -0.1) is 0 Å². The van der Waals surface area contributed by atoms with Gasteiger partial charge in [-0.2, -0.15) is 9.69 Å². The van der Waals surface area contributed by atoms with Gasteiger partial charge in [0.15, 0.2) is 0 Å². The van der Waals surface area contributed by atoms with Crippen LogP contribution in [0, 0.1) is 0 Å². The van der Waals surface area contributed by atoms with Crippen LogP contribution in [-0.4, -0.2) is 37.7 Å². The van der Waals surface area contributed by atoms with Crippen molar-refractivity contribution in [3.05, 3.63) is 24.3 Å². The summed E-state index contributed by atoms with van der Waals surface area (Å²) in [6.07, 6.45) is 1.99. The van der Waals surface area contributed by atoms with Gasteiger partial charge >= 0.3 is 6.03 Å². The maximum Gasteiger partial charge on any atom is 0.353 e. The Kier molecular flexibility index (Phi) is 2.64. The van der Waals surface area contributed by atoms with Crippen LogP contribution in [0.15, 0.2) is 24.3 Å². The molecule has 0 unspecified atom stereocenters. The van der Waals surface area contributed by atoms with Gasteiger partial charge in [-0.3, -0.25) is 9.59 Å². The Balaban J connectivity index is 2.02. The molecular weight excluding hydrogens is 244 g/mol. The highest BCUT2D eigenvalue weighted by atomic mass is 16.3. The summed E-state index contributed by atoms with van der Waals surface area (Å²) in [5.41, 5.74) is 3.97. The second-order valence-electron chi connectivity index (χ2n) is 3.28. The molecule has 0 saturated heterocycles. The van der Waals surface area contributed by atoms with E-state index in [1.54, 1.807) is 0 Å². The topological polar surface area (TPSA) is 124 Å². The van der Waals surface area contributed by atoms with Crippen molar-refractivity contribution in [3.63, 3.8) is 0 Å². The largest absolute Gasteiger partial charge is 0.493 e. The molecule has 0 radical (unpaired) electrons. The normalized spacial score (nSPS) is 14.1. The van der Waals surface area contributed by atoms with Crippen LogP contribution in [0.5, 0.6) is 11.8 Å². The Morgan fingerprint density at radius 2 is 1.50 bits per heavy atom. The Labute approximate surface area is 99.9 Å². The third-order valence-corrected chi connectivity index (χ3v) is 2.08. The minimum atomic E-state index is -0.984. The third-order valence-electron chi connectivity index (χ3n) is 2.08. The summed E-state index contributed by atoms with van der Waals surface area (Å²) in [7, 11) is 0. The van der Waals surface area contributed by atoms with E-state index in [1.165, 1.54) is 0 Å². The van der Waals surface area contributed by atoms with E-state index >= 15 is 0 Å². The van der Waals surface area contributed by atoms with Crippen LogP contribution in [0.4, 0.5) is 4.79 Å².